The minimum absolute atomic E-state index is 0.0895. The summed E-state index contributed by atoms with van der Waals surface area (Å²) in [4.78, 5) is 26.9. The number of amides is 1. The van der Waals surface area contributed by atoms with E-state index in [2.05, 4.69) is 13.2 Å². The van der Waals surface area contributed by atoms with Gasteiger partial charge < -0.3 is 9.47 Å². The monoisotopic (exact) mass is 323 g/mol. The maximum atomic E-state index is 12.7. The Morgan fingerprint density at radius 1 is 1.39 bits per heavy atom. The van der Waals surface area contributed by atoms with Gasteiger partial charge >= 0.3 is 12.1 Å². The Kier molecular flexibility index (Phi) is 6.03. The summed E-state index contributed by atoms with van der Waals surface area (Å²) in [5.41, 5.74) is -1.49. The van der Waals surface area contributed by atoms with E-state index in [1.165, 1.54) is 11.0 Å². The second-order valence-corrected chi connectivity index (χ2v) is 7.48. The highest BCUT2D eigenvalue weighted by molar-refractivity contribution is 5.89. The Balaban J connectivity index is 3.36. The first-order valence-electron chi connectivity index (χ1n) is 7.99. The summed E-state index contributed by atoms with van der Waals surface area (Å²) in [5, 5.41) is 0. The van der Waals surface area contributed by atoms with Gasteiger partial charge in [0.05, 0.1) is 0 Å². The van der Waals surface area contributed by atoms with Crippen molar-refractivity contribution in [1.82, 2.24) is 4.90 Å². The fourth-order valence-electron chi connectivity index (χ4n) is 2.98. The minimum atomic E-state index is -1.06. The van der Waals surface area contributed by atoms with E-state index < -0.39 is 23.3 Å². The fourth-order valence-corrected chi connectivity index (χ4v) is 2.98. The van der Waals surface area contributed by atoms with Crippen molar-refractivity contribution in [1.29, 1.82) is 0 Å². The van der Waals surface area contributed by atoms with E-state index in [1.54, 1.807) is 6.08 Å². The number of carbonyl (C=O) groups is 2. The van der Waals surface area contributed by atoms with E-state index in [4.69, 9.17) is 9.47 Å². The van der Waals surface area contributed by atoms with Crippen molar-refractivity contribution in [2.75, 3.05) is 6.61 Å². The normalized spacial score (nSPS) is 24.5. The van der Waals surface area contributed by atoms with Crippen molar-refractivity contribution >= 4 is 12.1 Å². The van der Waals surface area contributed by atoms with Crippen LogP contribution in [-0.4, -0.2) is 35.3 Å². The molecule has 0 aromatic heterocycles. The molecule has 1 aliphatic heterocycles. The van der Waals surface area contributed by atoms with Gasteiger partial charge in [0.1, 0.15) is 6.61 Å². The van der Waals surface area contributed by atoms with Crippen LogP contribution in [0.5, 0.6) is 0 Å². The molecule has 0 aromatic rings. The SMILES string of the molecule is C=CCOC(=O)N1[C@H](C(C)(C)C)OC(=O)[C@]1(CC=C)CC(C)C. The van der Waals surface area contributed by atoms with E-state index in [-0.39, 0.29) is 18.5 Å². The quantitative estimate of drug-likeness (QED) is 0.549. The Bertz CT molecular complexity index is 478. The maximum Gasteiger partial charge on any atom is 0.413 e. The molecular weight excluding hydrogens is 294 g/mol. The summed E-state index contributed by atoms with van der Waals surface area (Å²) in [5.74, 6) is -0.183. The predicted molar refractivity (Wildman–Crippen MR) is 89.7 cm³/mol. The van der Waals surface area contributed by atoms with Crippen LogP contribution in [0, 0.1) is 11.3 Å². The first-order chi connectivity index (χ1) is 10.6. The molecule has 1 fully saturated rings. The summed E-state index contributed by atoms with van der Waals surface area (Å²) >= 11 is 0. The van der Waals surface area contributed by atoms with Gasteiger partial charge in [0.15, 0.2) is 11.8 Å². The molecule has 0 N–H and O–H groups in total. The molecule has 1 saturated heterocycles. The van der Waals surface area contributed by atoms with Crippen molar-refractivity contribution < 1.29 is 19.1 Å². The summed E-state index contributed by atoms with van der Waals surface area (Å²) < 4.78 is 10.9. The number of ether oxygens (including phenoxy) is 2. The summed E-state index contributed by atoms with van der Waals surface area (Å²) in [7, 11) is 0. The van der Waals surface area contributed by atoms with Crippen molar-refractivity contribution in [3.63, 3.8) is 0 Å². The molecule has 0 unspecified atom stereocenters. The Morgan fingerprint density at radius 2 is 2.00 bits per heavy atom. The lowest BCUT2D eigenvalue weighted by Gasteiger charge is -2.39. The maximum absolute atomic E-state index is 12.7. The average molecular weight is 323 g/mol. The summed E-state index contributed by atoms with van der Waals surface area (Å²) in [6.07, 6.45) is 2.75. The molecule has 2 atom stereocenters. The van der Waals surface area contributed by atoms with Crippen LogP contribution in [0.3, 0.4) is 0 Å². The third-order valence-corrected chi connectivity index (χ3v) is 3.78. The second kappa shape index (κ2) is 7.20. The van der Waals surface area contributed by atoms with Crippen molar-refractivity contribution in [3.8, 4) is 0 Å². The molecule has 0 aliphatic carbocycles. The Morgan fingerprint density at radius 3 is 2.43 bits per heavy atom. The number of hydrogen-bond donors (Lipinski definition) is 0. The van der Waals surface area contributed by atoms with Crippen LogP contribution in [0.2, 0.25) is 0 Å². The van der Waals surface area contributed by atoms with E-state index in [0.717, 1.165) is 0 Å². The first-order valence-corrected chi connectivity index (χ1v) is 7.99. The number of esters is 1. The van der Waals surface area contributed by atoms with Gasteiger partial charge in [-0.05, 0) is 18.8 Å². The zero-order valence-corrected chi connectivity index (χ0v) is 14.9. The summed E-state index contributed by atoms with van der Waals surface area (Å²) in [6, 6.07) is 0. The molecule has 1 aliphatic rings. The van der Waals surface area contributed by atoms with Crippen LogP contribution in [-0.2, 0) is 14.3 Å². The number of rotatable bonds is 6. The van der Waals surface area contributed by atoms with Gasteiger partial charge in [0.25, 0.3) is 0 Å². The fraction of sp³-hybridized carbons (Fsp3) is 0.667. The van der Waals surface area contributed by atoms with Gasteiger partial charge in [0.2, 0.25) is 0 Å². The van der Waals surface area contributed by atoms with Crippen molar-refractivity contribution in [2.45, 2.75) is 59.2 Å². The molecule has 1 amide bonds. The van der Waals surface area contributed by atoms with Crippen LogP contribution in [0.4, 0.5) is 4.79 Å². The van der Waals surface area contributed by atoms with Gasteiger partial charge in [-0.2, -0.15) is 0 Å². The molecular formula is C18H29NO4. The average Bonchev–Trinajstić information content (AvgIpc) is 2.69. The minimum Gasteiger partial charge on any atom is -0.445 e. The zero-order valence-electron chi connectivity index (χ0n) is 14.9. The van der Waals surface area contributed by atoms with Crippen LogP contribution in [0.25, 0.3) is 0 Å². The molecule has 5 nitrogen and oxygen atoms in total. The van der Waals surface area contributed by atoms with E-state index in [9.17, 15) is 9.59 Å². The first kappa shape index (κ1) is 19.3. The number of cyclic esters (lactones) is 1. The standard InChI is InChI=1S/C18H29NO4/c1-8-10-18(12-13(3)4)15(20)23-14(17(5,6)7)19(18)16(21)22-11-9-2/h8-9,13-14H,1-2,10-12H2,3-7H3/t14-,18-/m0/s1. The molecule has 130 valence electrons. The molecule has 0 bridgehead atoms. The van der Waals surface area contributed by atoms with Gasteiger partial charge in [0, 0.05) is 5.41 Å². The molecule has 0 spiro atoms. The molecule has 0 radical (unpaired) electrons. The number of hydrogen-bond acceptors (Lipinski definition) is 4. The summed E-state index contributed by atoms with van der Waals surface area (Å²) in [6.45, 7) is 17.2. The molecule has 5 heteroatoms. The van der Waals surface area contributed by atoms with Gasteiger partial charge in [-0.15, -0.1) is 6.58 Å². The van der Waals surface area contributed by atoms with Crippen LogP contribution < -0.4 is 0 Å². The van der Waals surface area contributed by atoms with Gasteiger partial charge in [-0.25, -0.2) is 9.59 Å². The topological polar surface area (TPSA) is 55.8 Å². The number of nitrogens with zero attached hydrogens (tertiary/aromatic N) is 1. The lowest BCUT2D eigenvalue weighted by molar-refractivity contribution is -0.149. The zero-order chi connectivity index (χ0) is 17.8. The van der Waals surface area contributed by atoms with Crippen LogP contribution in [0.1, 0.15) is 47.5 Å². The van der Waals surface area contributed by atoms with Crippen molar-refractivity contribution in [3.05, 3.63) is 25.3 Å². The number of carbonyl (C=O) groups excluding carboxylic acids is 2. The van der Waals surface area contributed by atoms with Crippen LogP contribution in [0.15, 0.2) is 25.3 Å². The second-order valence-electron chi connectivity index (χ2n) is 7.48. The predicted octanol–water partition coefficient (Wildman–Crippen LogP) is 3.90. The molecule has 1 rings (SSSR count). The van der Waals surface area contributed by atoms with Gasteiger partial charge in [-0.1, -0.05) is 53.3 Å². The van der Waals surface area contributed by atoms with Crippen molar-refractivity contribution in [2.24, 2.45) is 11.3 Å². The smallest absolute Gasteiger partial charge is 0.413 e. The lowest BCUT2D eigenvalue weighted by atomic mass is 9.83. The van der Waals surface area contributed by atoms with E-state index >= 15 is 0 Å². The lowest BCUT2D eigenvalue weighted by Crippen LogP contribution is -2.56. The molecule has 0 saturated carbocycles. The van der Waals surface area contributed by atoms with E-state index in [1.807, 2.05) is 34.6 Å². The highest BCUT2D eigenvalue weighted by Crippen LogP contribution is 2.43. The largest absolute Gasteiger partial charge is 0.445 e. The molecule has 1 heterocycles. The molecule has 0 aromatic carbocycles. The third-order valence-electron chi connectivity index (χ3n) is 3.78. The van der Waals surface area contributed by atoms with Gasteiger partial charge in [-0.3, -0.25) is 4.90 Å². The van der Waals surface area contributed by atoms with E-state index in [0.29, 0.717) is 12.8 Å². The third kappa shape index (κ3) is 3.95. The van der Waals surface area contributed by atoms with Crippen LogP contribution >= 0.6 is 0 Å². The highest BCUT2D eigenvalue weighted by atomic mass is 16.6. The Labute approximate surface area is 139 Å². The highest BCUT2D eigenvalue weighted by Gasteiger charge is 2.60. The molecule has 23 heavy (non-hydrogen) atoms. The Hall–Kier alpha value is -1.78.